The van der Waals surface area contributed by atoms with Crippen LogP contribution in [0.5, 0.6) is 5.75 Å². The zero-order valence-electron chi connectivity index (χ0n) is 9.86. The van der Waals surface area contributed by atoms with Crippen LogP contribution in [0.4, 0.5) is 0 Å². The largest absolute Gasteiger partial charge is 0.494 e. The lowest BCUT2D eigenvalue weighted by atomic mass is 10.0. The topological polar surface area (TPSA) is 38.7 Å². The number of hydrogen-bond acceptors (Lipinski definition) is 3. The van der Waals surface area contributed by atoms with Crippen molar-refractivity contribution in [2.45, 2.75) is 32.0 Å². The lowest BCUT2D eigenvalue weighted by Gasteiger charge is -2.19. The molecule has 1 aliphatic rings. The predicted molar refractivity (Wildman–Crippen MR) is 69.2 cm³/mol. The highest BCUT2D eigenvalue weighted by Gasteiger charge is 2.26. The quantitative estimate of drug-likeness (QED) is 0.929. The molecule has 1 saturated heterocycles. The Morgan fingerprint density at radius 3 is 3.00 bits per heavy atom. The number of aliphatic hydroxyl groups excluding tert-OH is 1. The monoisotopic (exact) mass is 300 g/mol. The minimum absolute atomic E-state index is 0.0794. The number of aliphatic hydroxyl groups is 1. The standard InChI is InChI=1S/C13H17BrO3/c1-2-16-9-5-6-10(11(14)8-9)13(15)12-4-3-7-17-12/h5-6,8,12-13,15H,2-4,7H2,1H3. The van der Waals surface area contributed by atoms with Crippen LogP contribution in [0.15, 0.2) is 22.7 Å². The van der Waals surface area contributed by atoms with E-state index in [1.54, 1.807) is 0 Å². The molecule has 0 radical (unpaired) electrons. The first-order valence-electron chi connectivity index (χ1n) is 5.94. The number of halogens is 1. The van der Waals surface area contributed by atoms with Gasteiger partial charge in [0.2, 0.25) is 0 Å². The Hall–Kier alpha value is -0.580. The Labute approximate surface area is 110 Å². The van der Waals surface area contributed by atoms with Gasteiger partial charge in [-0.1, -0.05) is 22.0 Å². The summed E-state index contributed by atoms with van der Waals surface area (Å²) in [6.45, 7) is 3.33. The van der Waals surface area contributed by atoms with Crippen LogP contribution in [0, 0.1) is 0 Å². The van der Waals surface area contributed by atoms with E-state index >= 15 is 0 Å². The van der Waals surface area contributed by atoms with Crippen LogP contribution in [0.2, 0.25) is 0 Å². The van der Waals surface area contributed by atoms with Crippen LogP contribution in [0.3, 0.4) is 0 Å². The van der Waals surface area contributed by atoms with E-state index in [1.165, 1.54) is 0 Å². The molecule has 1 heterocycles. The molecule has 1 N–H and O–H groups in total. The van der Waals surface area contributed by atoms with Gasteiger partial charge in [0.1, 0.15) is 11.9 Å². The van der Waals surface area contributed by atoms with E-state index < -0.39 is 6.10 Å². The molecule has 1 fully saturated rings. The van der Waals surface area contributed by atoms with Crippen LogP contribution in [-0.4, -0.2) is 24.4 Å². The van der Waals surface area contributed by atoms with Gasteiger partial charge in [-0.15, -0.1) is 0 Å². The van der Waals surface area contributed by atoms with Crippen LogP contribution in [0.1, 0.15) is 31.4 Å². The fourth-order valence-corrected chi connectivity index (χ4v) is 2.65. The summed E-state index contributed by atoms with van der Waals surface area (Å²) >= 11 is 3.47. The zero-order chi connectivity index (χ0) is 12.3. The van der Waals surface area contributed by atoms with Crippen molar-refractivity contribution in [3.05, 3.63) is 28.2 Å². The summed E-state index contributed by atoms with van der Waals surface area (Å²) in [7, 11) is 0. The van der Waals surface area contributed by atoms with E-state index in [9.17, 15) is 5.11 Å². The predicted octanol–water partition coefficient (Wildman–Crippen LogP) is 3.06. The van der Waals surface area contributed by atoms with Crippen LogP contribution < -0.4 is 4.74 Å². The highest BCUT2D eigenvalue weighted by molar-refractivity contribution is 9.10. The van der Waals surface area contributed by atoms with E-state index in [4.69, 9.17) is 9.47 Å². The van der Waals surface area contributed by atoms with Gasteiger partial charge in [-0.3, -0.25) is 0 Å². The third-order valence-corrected chi connectivity index (χ3v) is 3.61. The molecular weight excluding hydrogens is 284 g/mol. The minimum Gasteiger partial charge on any atom is -0.494 e. The van der Waals surface area contributed by atoms with E-state index in [2.05, 4.69) is 15.9 Å². The maximum atomic E-state index is 10.2. The number of ether oxygens (including phenoxy) is 2. The summed E-state index contributed by atoms with van der Waals surface area (Å²) in [4.78, 5) is 0. The molecule has 0 spiro atoms. The Morgan fingerprint density at radius 1 is 1.59 bits per heavy atom. The SMILES string of the molecule is CCOc1ccc(C(O)C2CCCO2)c(Br)c1. The summed E-state index contributed by atoms with van der Waals surface area (Å²) in [6, 6.07) is 5.65. The summed E-state index contributed by atoms with van der Waals surface area (Å²) in [5.74, 6) is 0.808. The molecule has 2 unspecified atom stereocenters. The first-order chi connectivity index (χ1) is 8.22. The molecule has 17 heavy (non-hydrogen) atoms. The molecule has 1 aromatic rings. The molecule has 2 rings (SSSR count). The van der Waals surface area contributed by atoms with Gasteiger partial charge in [-0.25, -0.2) is 0 Å². The molecule has 0 aromatic heterocycles. The minimum atomic E-state index is -0.567. The highest BCUT2D eigenvalue weighted by atomic mass is 79.9. The van der Waals surface area contributed by atoms with Crippen molar-refractivity contribution < 1.29 is 14.6 Å². The van der Waals surface area contributed by atoms with Gasteiger partial charge in [0.15, 0.2) is 0 Å². The Kier molecular flexibility index (Phi) is 4.42. The normalized spacial score (nSPS) is 21.5. The average molecular weight is 301 g/mol. The van der Waals surface area contributed by atoms with Crippen molar-refractivity contribution in [3.8, 4) is 5.75 Å². The molecule has 0 saturated carbocycles. The molecule has 3 nitrogen and oxygen atoms in total. The van der Waals surface area contributed by atoms with Crippen molar-refractivity contribution in [1.82, 2.24) is 0 Å². The van der Waals surface area contributed by atoms with Crippen LogP contribution in [0.25, 0.3) is 0 Å². The summed E-state index contributed by atoms with van der Waals surface area (Å²) in [5, 5.41) is 10.2. The smallest absolute Gasteiger partial charge is 0.120 e. The molecule has 0 aliphatic carbocycles. The second-order valence-electron chi connectivity index (χ2n) is 4.11. The lowest BCUT2D eigenvalue weighted by Crippen LogP contribution is -2.17. The van der Waals surface area contributed by atoms with Crippen molar-refractivity contribution in [3.63, 3.8) is 0 Å². The lowest BCUT2D eigenvalue weighted by molar-refractivity contribution is -0.00295. The van der Waals surface area contributed by atoms with Crippen LogP contribution >= 0.6 is 15.9 Å². The fraction of sp³-hybridized carbons (Fsp3) is 0.538. The molecule has 0 bridgehead atoms. The van der Waals surface area contributed by atoms with E-state index in [0.717, 1.165) is 35.2 Å². The molecular formula is C13H17BrO3. The maximum absolute atomic E-state index is 10.2. The van der Waals surface area contributed by atoms with Crippen molar-refractivity contribution in [2.24, 2.45) is 0 Å². The maximum Gasteiger partial charge on any atom is 0.120 e. The molecule has 1 aromatic carbocycles. The van der Waals surface area contributed by atoms with Gasteiger partial charge >= 0.3 is 0 Å². The van der Waals surface area contributed by atoms with Crippen LogP contribution in [-0.2, 0) is 4.74 Å². The summed E-state index contributed by atoms with van der Waals surface area (Å²) in [6.07, 6.45) is 1.30. The molecule has 0 amide bonds. The summed E-state index contributed by atoms with van der Waals surface area (Å²) in [5.41, 5.74) is 0.861. The molecule has 2 atom stereocenters. The van der Waals surface area contributed by atoms with Gasteiger partial charge in [0, 0.05) is 11.1 Å². The third-order valence-electron chi connectivity index (χ3n) is 2.92. The Bertz CT molecular complexity index is 375. The third kappa shape index (κ3) is 3.00. The molecule has 94 valence electrons. The van der Waals surface area contributed by atoms with E-state index in [-0.39, 0.29) is 6.10 Å². The van der Waals surface area contributed by atoms with Gasteiger partial charge in [0.25, 0.3) is 0 Å². The Balaban J connectivity index is 2.14. The zero-order valence-corrected chi connectivity index (χ0v) is 11.4. The first-order valence-corrected chi connectivity index (χ1v) is 6.73. The van der Waals surface area contributed by atoms with Gasteiger partial charge in [-0.2, -0.15) is 0 Å². The van der Waals surface area contributed by atoms with Gasteiger partial charge in [0.05, 0.1) is 12.7 Å². The summed E-state index contributed by atoms with van der Waals surface area (Å²) < 4.78 is 11.8. The van der Waals surface area contributed by atoms with Gasteiger partial charge in [-0.05, 0) is 37.5 Å². The first kappa shape index (κ1) is 12.9. The average Bonchev–Trinajstić information content (AvgIpc) is 2.82. The number of hydrogen-bond donors (Lipinski definition) is 1. The molecule has 1 aliphatic heterocycles. The Morgan fingerprint density at radius 2 is 2.41 bits per heavy atom. The van der Waals surface area contributed by atoms with E-state index in [0.29, 0.717) is 6.61 Å². The van der Waals surface area contributed by atoms with E-state index in [1.807, 2.05) is 25.1 Å². The number of benzene rings is 1. The second-order valence-corrected chi connectivity index (χ2v) is 4.97. The van der Waals surface area contributed by atoms with Crippen molar-refractivity contribution in [2.75, 3.05) is 13.2 Å². The molecule has 4 heteroatoms. The van der Waals surface area contributed by atoms with Crippen molar-refractivity contribution in [1.29, 1.82) is 0 Å². The fourth-order valence-electron chi connectivity index (χ4n) is 2.06. The number of rotatable bonds is 4. The van der Waals surface area contributed by atoms with Gasteiger partial charge < -0.3 is 14.6 Å². The second kappa shape index (κ2) is 5.85. The van der Waals surface area contributed by atoms with Crippen molar-refractivity contribution >= 4 is 15.9 Å². The highest BCUT2D eigenvalue weighted by Crippen LogP contribution is 2.33.